The van der Waals surface area contributed by atoms with Gasteiger partial charge in [0.05, 0.1) is 18.4 Å². The van der Waals surface area contributed by atoms with Crippen LogP contribution in [0.3, 0.4) is 0 Å². The first-order chi connectivity index (χ1) is 13.1. The molecule has 2 heterocycles. The predicted molar refractivity (Wildman–Crippen MR) is 98.1 cm³/mol. The summed E-state index contributed by atoms with van der Waals surface area (Å²) in [6.45, 7) is 3.36. The first-order valence-corrected chi connectivity index (χ1v) is 8.73. The van der Waals surface area contributed by atoms with Crippen LogP contribution in [-0.4, -0.2) is 25.5 Å². The van der Waals surface area contributed by atoms with E-state index in [1.165, 1.54) is 20.0 Å². The van der Waals surface area contributed by atoms with Crippen molar-refractivity contribution in [3.05, 3.63) is 64.7 Å². The predicted octanol–water partition coefficient (Wildman–Crippen LogP) is 4.31. The van der Waals surface area contributed by atoms with E-state index >= 15 is 0 Å². The van der Waals surface area contributed by atoms with Crippen LogP contribution in [0.25, 0.3) is 0 Å². The summed E-state index contributed by atoms with van der Waals surface area (Å²) in [6, 6.07) is 7.30. The number of aromatic nitrogens is 4. The van der Waals surface area contributed by atoms with Gasteiger partial charge in [0.2, 0.25) is 5.91 Å². The van der Waals surface area contributed by atoms with Gasteiger partial charge in [0, 0.05) is 16.9 Å². The van der Waals surface area contributed by atoms with Crippen LogP contribution in [0.1, 0.15) is 29.9 Å². The fourth-order valence-corrected chi connectivity index (χ4v) is 2.89. The molecular weight excluding hydrogens is 395 g/mol. The SMILES string of the molecule is Cc1cc(C(F)(F)F)nn1C(C)C(=O)Nc1cnn(Cc2ccccc2Cl)c1. The van der Waals surface area contributed by atoms with Crippen LogP contribution in [0.4, 0.5) is 18.9 Å². The van der Waals surface area contributed by atoms with Crippen LogP contribution in [-0.2, 0) is 17.5 Å². The maximum Gasteiger partial charge on any atom is 0.435 e. The molecule has 0 radical (unpaired) electrons. The summed E-state index contributed by atoms with van der Waals surface area (Å²) in [4.78, 5) is 12.4. The first-order valence-electron chi connectivity index (χ1n) is 8.35. The maximum absolute atomic E-state index is 12.8. The number of benzene rings is 1. The standard InChI is InChI=1S/C18H17ClF3N5O/c1-11-7-16(18(20,21)22)25-27(11)12(2)17(28)24-14-8-23-26(10-14)9-13-5-3-4-6-15(13)19/h3-8,10,12H,9H2,1-2H3,(H,24,28). The summed E-state index contributed by atoms with van der Waals surface area (Å²) >= 11 is 6.12. The minimum atomic E-state index is -4.56. The van der Waals surface area contributed by atoms with Gasteiger partial charge in [0.1, 0.15) is 6.04 Å². The number of anilines is 1. The number of nitrogens with zero attached hydrogens (tertiary/aromatic N) is 4. The third kappa shape index (κ3) is 4.36. The van der Waals surface area contributed by atoms with Gasteiger partial charge in [0.15, 0.2) is 5.69 Å². The fourth-order valence-electron chi connectivity index (χ4n) is 2.69. The Morgan fingerprint density at radius 1 is 1.32 bits per heavy atom. The molecule has 1 unspecified atom stereocenters. The van der Waals surface area contributed by atoms with Crippen LogP contribution in [0, 0.1) is 6.92 Å². The highest BCUT2D eigenvalue weighted by atomic mass is 35.5. The Balaban J connectivity index is 1.69. The average molecular weight is 412 g/mol. The maximum atomic E-state index is 12.8. The van der Waals surface area contributed by atoms with Crippen molar-refractivity contribution in [1.82, 2.24) is 19.6 Å². The molecule has 1 atom stereocenters. The summed E-state index contributed by atoms with van der Waals surface area (Å²) in [6.07, 6.45) is -1.49. The molecule has 3 aromatic rings. The molecule has 0 aliphatic carbocycles. The normalized spacial score (nSPS) is 12.8. The Labute approximate surface area is 163 Å². The zero-order valence-electron chi connectivity index (χ0n) is 15.0. The summed E-state index contributed by atoms with van der Waals surface area (Å²) in [7, 11) is 0. The molecule has 0 fully saturated rings. The van der Waals surface area contributed by atoms with Gasteiger partial charge in [-0.3, -0.25) is 14.2 Å². The Bertz CT molecular complexity index is 995. The fraction of sp³-hybridized carbons (Fsp3) is 0.278. The molecule has 148 valence electrons. The van der Waals surface area contributed by atoms with Crippen molar-refractivity contribution in [3.63, 3.8) is 0 Å². The van der Waals surface area contributed by atoms with E-state index in [9.17, 15) is 18.0 Å². The highest BCUT2D eigenvalue weighted by Gasteiger charge is 2.35. The molecule has 10 heteroatoms. The lowest BCUT2D eigenvalue weighted by Crippen LogP contribution is -2.25. The van der Waals surface area contributed by atoms with E-state index in [2.05, 4.69) is 15.5 Å². The second-order valence-corrected chi connectivity index (χ2v) is 6.70. The summed E-state index contributed by atoms with van der Waals surface area (Å²) in [5, 5.41) is 10.9. The zero-order valence-corrected chi connectivity index (χ0v) is 15.8. The summed E-state index contributed by atoms with van der Waals surface area (Å²) < 4.78 is 41.1. The quantitative estimate of drug-likeness (QED) is 0.680. The van der Waals surface area contributed by atoms with Gasteiger partial charge >= 0.3 is 6.18 Å². The lowest BCUT2D eigenvalue weighted by Gasteiger charge is -2.13. The number of rotatable bonds is 5. The smallest absolute Gasteiger partial charge is 0.322 e. The number of nitrogens with one attached hydrogen (secondary N) is 1. The van der Waals surface area contributed by atoms with E-state index < -0.39 is 23.8 Å². The van der Waals surface area contributed by atoms with Gasteiger partial charge in [-0.25, -0.2) is 0 Å². The lowest BCUT2D eigenvalue weighted by molar-refractivity contribution is -0.141. The molecule has 1 amide bonds. The topological polar surface area (TPSA) is 64.7 Å². The molecule has 0 spiro atoms. The lowest BCUT2D eigenvalue weighted by atomic mass is 10.2. The number of alkyl halides is 3. The van der Waals surface area contributed by atoms with Gasteiger partial charge in [-0.15, -0.1) is 0 Å². The molecule has 28 heavy (non-hydrogen) atoms. The third-order valence-electron chi connectivity index (χ3n) is 4.15. The second-order valence-electron chi connectivity index (χ2n) is 6.30. The molecule has 0 aliphatic heterocycles. The summed E-state index contributed by atoms with van der Waals surface area (Å²) in [5.74, 6) is -0.503. The Kier molecular flexibility index (Phi) is 5.46. The minimum Gasteiger partial charge on any atom is -0.322 e. The van der Waals surface area contributed by atoms with Crippen molar-refractivity contribution in [1.29, 1.82) is 0 Å². The highest BCUT2D eigenvalue weighted by molar-refractivity contribution is 6.31. The first kappa shape index (κ1) is 19.9. The molecule has 2 aromatic heterocycles. The van der Waals surface area contributed by atoms with E-state index in [1.54, 1.807) is 16.9 Å². The van der Waals surface area contributed by atoms with Crippen molar-refractivity contribution in [3.8, 4) is 0 Å². The monoisotopic (exact) mass is 411 g/mol. The number of carbonyl (C=O) groups excluding carboxylic acids is 1. The average Bonchev–Trinajstić information content (AvgIpc) is 3.22. The molecule has 1 N–H and O–H groups in total. The van der Waals surface area contributed by atoms with Crippen molar-refractivity contribution in [2.24, 2.45) is 0 Å². The van der Waals surface area contributed by atoms with E-state index in [0.29, 0.717) is 17.3 Å². The van der Waals surface area contributed by atoms with Crippen LogP contribution < -0.4 is 5.32 Å². The summed E-state index contributed by atoms with van der Waals surface area (Å²) in [5.41, 5.74) is 0.497. The molecule has 3 rings (SSSR count). The largest absolute Gasteiger partial charge is 0.435 e. The van der Waals surface area contributed by atoms with Gasteiger partial charge in [0.25, 0.3) is 0 Å². The van der Waals surface area contributed by atoms with Crippen molar-refractivity contribution < 1.29 is 18.0 Å². The Hall–Kier alpha value is -2.81. The van der Waals surface area contributed by atoms with Gasteiger partial charge < -0.3 is 5.32 Å². The van der Waals surface area contributed by atoms with E-state index in [1.807, 2.05) is 18.2 Å². The zero-order chi connectivity index (χ0) is 20.5. The number of halogens is 4. The molecular formula is C18H17ClF3N5O. The molecule has 0 aliphatic rings. The minimum absolute atomic E-state index is 0.240. The van der Waals surface area contributed by atoms with Crippen LogP contribution in [0.15, 0.2) is 42.7 Å². The number of aryl methyl sites for hydroxylation is 1. The molecule has 1 aromatic carbocycles. The number of carbonyl (C=O) groups is 1. The molecule has 0 saturated carbocycles. The molecule has 0 bridgehead atoms. The van der Waals surface area contributed by atoms with Crippen molar-refractivity contribution in [2.45, 2.75) is 32.6 Å². The molecule has 6 nitrogen and oxygen atoms in total. The van der Waals surface area contributed by atoms with Crippen molar-refractivity contribution in [2.75, 3.05) is 5.32 Å². The Morgan fingerprint density at radius 3 is 2.68 bits per heavy atom. The Morgan fingerprint density at radius 2 is 2.04 bits per heavy atom. The highest BCUT2D eigenvalue weighted by Crippen LogP contribution is 2.29. The molecule has 0 saturated heterocycles. The van der Waals surface area contributed by atoms with Gasteiger partial charge in [-0.2, -0.15) is 23.4 Å². The second kappa shape index (κ2) is 7.67. The van der Waals surface area contributed by atoms with Gasteiger partial charge in [-0.1, -0.05) is 29.8 Å². The van der Waals surface area contributed by atoms with Gasteiger partial charge in [-0.05, 0) is 31.5 Å². The van der Waals surface area contributed by atoms with E-state index in [0.717, 1.165) is 16.3 Å². The van der Waals surface area contributed by atoms with E-state index in [4.69, 9.17) is 11.6 Å². The van der Waals surface area contributed by atoms with Crippen molar-refractivity contribution >= 4 is 23.2 Å². The third-order valence-corrected chi connectivity index (χ3v) is 4.52. The van der Waals surface area contributed by atoms with E-state index in [-0.39, 0.29) is 5.69 Å². The van der Waals surface area contributed by atoms with Crippen LogP contribution in [0.5, 0.6) is 0 Å². The number of hydrogen-bond donors (Lipinski definition) is 1. The van der Waals surface area contributed by atoms with Crippen LogP contribution in [0.2, 0.25) is 5.02 Å². The number of hydrogen-bond acceptors (Lipinski definition) is 3. The number of amides is 1. The van der Waals surface area contributed by atoms with Crippen LogP contribution >= 0.6 is 11.6 Å².